The number of carbonyl (C=O) groups excluding carboxylic acids is 1. The third-order valence-electron chi connectivity index (χ3n) is 6.04. The second kappa shape index (κ2) is 8.63. The van der Waals surface area contributed by atoms with Gasteiger partial charge in [0.2, 0.25) is 0 Å². The van der Waals surface area contributed by atoms with Crippen LogP contribution in [0.4, 0.5) is 0 Å². The van der Waals surface area contributed by atoms with Crippen LogP contribution in [-0.2, 0) is 9.53 Å². The molecule has 0 radical (unpaired) electrons. The Labute approximate surface area is 146 Å². The second-order valence-electron chi connectivity index (χ2n) is 7.96. The Hall–Kier alpha value is -0.650. The van der Waals surface area contributed by atoms with Crippen molar-refractivity contribution in [3.8, 4) is 0 Å². The number of hydrogen-bond acceptors (Lipinski definition) is 4. The van der Waals surface area contributed by atoms with Crippen LogP contribution in [0.5, 0.6) is 0 Å². The lowest BCUT2D eigenvalue weighted by atomic mass is 9.86. The molecule has 1 aliphatic carbocycles. The Morgan fingerprint density at radius 1 is 1.04 bits per heavy atom. The average Bonchev–Trinajstić information content (AvgIpc) is 2.86. The van der Waals surface area contributed by atoms with E-state index in [1.807, 2.05) is 4.90 Å². The van der Waals surface area contributed by atoms with Crippen LogP contribution in [0.15, 0.2) is 0 Å². The number of amides is 1. The van der Waals surface area contributed by atoms with Crippen LogP contribution in [0, 0.1) is 5.92 Å². The van der Waals surface area contributed by atoms with Crippen LogP contribution in [0.3, 0.4) is 0 Å². The minimum atomic E-state index is -1.19. The van der Waals surface area contributed by atoms with Gasteiger partial charge in [0, 0.05) is 39.3 Å². The molecule has 1 amide bonds. The lowest BCUT2D eigenvalue weighted by Crippen LogP contribution is -2.59. The van der Waals surface area contributed by atoms with Crippen LogP contribution in [0.25, 0.3) is 0 Å². The quantitative estimate of drug-likeness (QED) is 0.833. The monoisotopic (exact) mass is 338 g/mol. The zero-order valence-corrected chi connectivity index (χ0v) is 15.0. The fourth-order valence-electron chi connectivity index (χ4n) is 4.57. The summed E-state index contributed by atoms with van der Waals surface area (Å²) in [6.45, 7) is 5.34. The van der Waals surface area contributed by atoms with Crippen molar-refractivity contribution in [3.63, 3.8) is 0 Å². The number of nitrogens with zero attached hydrogens (tertiary/aromatic N) is 2. The topological polar surface area (TPSA) is 53.0 Å². The highest BCUT2D eigenvalue weighted by Crippen LogP contribution is 2.29. The zero-order chi connectivity index (χ0) is 16.8. The number of ether oxygens (including phenoxy) is 1. The number of rotatable bonds is 5. The molecule has 3 aliphatic rings. The standard InChI is InChI=1S/C19H34N2O3/c22-18-19(23,16-20-10-5-14-24-15-13-20)9-4-11-21(18)12-8-17-6-2-1-3-7-17/h17,23H,1-16H2. The summed E-state index contributed by atoms with van der Waals surface area (Å²) in [7, 11) is 0. The number of β-amino-alcohol motifs (C(OH)–C–C–N with tert-alkyl or cyclic N) is 1. The molecule has 2 aliphatic heterocycles. The maximum absolute atomic E-state index is 12.9. The summed E-state index contributed by atoms with van der Waals surface area (Å²) in [5.41, 5.74) is -1.19. The third kappa shape index (κ3) is 4.70. The number of carbonyl (C=O) groups is 1. The number of piperidine rings is 1. The van der Waals surface area contributed by atoms with E-state index in [1.54, 1.807) is 0 Å². The molecular formula is C19H34N2O3. The Balaban J connectivity index is 1.52. The van der Waals surface area contributed by atoms with Gasteiger partial charge in [0.1, 0.15) is 0 Å². The van der Waals surface area contributed by atoms with Crippen molar-refractivity contribution in [2.24, 2.45) is 5.92 Å². The van der Waals surface area contributed by atoms with Crippen LogP contribution >= 0.6 is 0 Å². The Morgan fingerprint density at radius 2 is 1.88 bits per heavy atom. The first-order valence-corrected chi connectivity index (χ1v) is 9.99. The number of hydrogen-bond donors (Lipinski definition) is 1. The molecule has 1 N–H and O–H groups in total. The fraction of sp³-hybridized carbons (Fsp3) is 0.947. The minimum Gasteiger partial charge on any atom is -0.380 e. The minimum absolute atomic E-state index is 0.0327. The van der Waals surface area contributed by atoms with E-state index in [0.717, 1.165) is 58.0 Å². The summed E-state index contributed by atoms with van der Waals surface area (Å²) in [4.78, 5) is 17.0. The molecule has 5 nitrogen and oxygen atoms in total. The van der Waals surface area contributed by atoms with Gasteiger partial charge in [0.15, 0.2) is 5.60 Å². The maximum atomic E-state index is 12.9. The second-order valence-corrected chi connectivity index (χ2v) is 7.96. The Kier molecular flexibility index (Phi) is 6.53. The van der Waals surface area contributed by atoms with Gasteiger partial charge in [-0.1, -0.05) is 32.1 Å². The molecule has 1 atom stereocenters. The van der Waals surface area contributed by atoms with Gasteiger partial charge in [0.05, 0.1) is 6.61 Å². The molecule has 3 rings (SSSR count). The van der Waals surface area contributed by atoms with E-state index in [1.165, 1.54) is 32.1 Å². The smallest absolute Gasteiger partial charge is 0.255 e. The van der Waals surface area contributed by atoms with Crippen molar-refractivity contribution in [2.75, 3.05) is 45.9 Å². The molecule has 2 saturated heterocycles. The molecule has 24 heavy (non-hydrogen) atoms. The molecule has 0 spiro atoms. The van der Waals surface area contributed by atoms with Crippen molar-refractivity contribution in [3.05, 3.63) is 0 Å². The van der Waals surface area contributed by atoms with E-state index < -0.39 is 5.60 Å². The maximum Gasteiger partial charge on any atom is 0.255 e. The number of aliphatic hydroxyl groups is 1. The molecule has 3 fully saturated rings. The molecule has 5 heteroatoms. The molecule has 0 bridgehead atoms. The molecule has 2 heterocycles. The zero-order valence-electron chi connectivity index (χ0n) is 15.0. The molecular weight excluding hydrogens is 304 g/mol. The van der Waals surface area contributed by atoms with Crippen LogP contribution in [0.1, 0.15) is 57.8 Å². The van der Waals surface area contributed by atoms with Gasteiger partial charge in [-0.25, -0.2) is 0 Å². The summed E-state index contributed by atoms with van der Waals surface area (Å²) < 4.78 is 5.48. The molecule has 0 aromatic rings. The van der Waals surface area contributed by atoms with Crippen molar-refractivity contribution in [2.45, 2.75) is 63.4 Å². The predicted molar refractivity (Wildman–Crippen MR) is 93.8 cm³/mol. The summed E-state index contributed by atoms with van der Waals surface area (Å²) in [5.74, 6) is 0.749. The van der Waals surface area contributed by atoms with Gasteiger partial charge in [-0.3, -0.25) is 9.69 Å². The third-order valence-corrected chi connectivity index (χ3v) is 6.04. The first-order valence-electron chi connectivity index (χ1n) is 9.99. The van der Waals surface area contributed by atoms with Crippen LogP contribution in [-0.4, -0.2) is 72.4 Å². The highest BCUT2D eigenvalue weighted by atomic mass is 16.5. The summed E-state index contributed by atoms with van der Waals surface area (Å²) in [6.07, 6.45) is 10.3. The van der Waals surface area contributed by atoms with E-state index in [-0.39, 0.29) is 5.91 Å². The lowest BCUT2D eigenvalue weighted by Gasteiger charge is -2.41. The SMILES string of the molecule is O=C1N(CCC2CCCCC2)CCCC1(O)CN1CCCOCC1. The van der Waals surface area contributed by atoms with Crippen molar-refractivity contribution in [1.82, 2.24) is 9.80 Å². The molecule has 1 unspecified atom stereocenters. The summed E-state index contributed by atoms with van der Waals surface area (Å²) in [5, 5.41) is 11.0. The predicted octanol–water partition coefficient (Wildman–Crippen LogP) is 2.03. The first-order chi connectivity index (χ1) is 11.7. The van der Waals surface area contributed by atoms with Gasteiger partial charge in [-0.15, -0.1) is 0 Å². The van der Waals surface area contributed by atoms with E-state index in [4.69, 9.17) is 4.74 Å². The van der Waals surface area contributed by atoms with E-state index in [9.17, 15) is 9.90 Å². The van der Waals surface area contributed by atoms with E-state index >= 15 is 0 Å². The van der Waals surface area contributed by atoms with Gasteiger partial charge < -0.3 is 14.7 Å². The summed E-state index contributed by atoms with van der Waals surface area (Å²) >= 11 is 0. The van der Waals surface area contributed by atoms with Gasteiger partial charge in [0.25, 0.3) is 5.91 Å². The Morgan fingerprint density at radius 3 is 2.71 bits per heavy atom. The van der Waals surface area contributed by atoms with Gasteiger partial charge in [-0.2, -0.15) is 0 Å². The first kappa shape index (κ1) is 18.2. The van der Waals surface area contributed by atoms with Crippen molar-refractivity contribution >= 4 is 5.91 Å². The average molecular weight is 338 g/mol. The fourth-order valence-corrected chi connectivity index (χ4v) is 4.57. The van der Waals surface area contributed by atoms with Crippen LogP contribution in [0.2, 0.25) is 0 Å². The largest absolute Gasteiger partial charge is 0.380 e. The van der Waals surface area contributed by atoms with Gasteiger partial charge in [-0.05, 0) is 31.6 Å². The van der Waals surface area contributed by atoms with Crippen molar-refractivity contribution in [1.29, 1.82) is 0 Å². The highest BCUT2D eigenvalue weighted by molar-refractivity contribution is 5.86. The Bertz CT molecular complexity index is 403. The van der Waals surface area contributed by atoms with E-state index in [2.05, 4.69) is 4.90 Å². The number of likely N-dealkylation sites (tertiary alicyclic amines) is 1. The van der Waals surface area contributed by atoms with Crippen LogP contribution < -0.4 is 0 Å². The van der Waals surface area contributed by atoms with Gasteiger partial charge >= 0.3 is 0 Å². The molecule has 0 aromatic heterocycles. The molecule has 1 saturated carbocycles. The van der Waals surface area contributed by atoms with E-state index in [0.29, 0.717) is 19.6 Å². The van der Waals surface area contributed by atoms with Crippen molar-refractivity contribution < 1.29 is 14.6 Å². The molecule has 0 aromatic carbocycles. The normalized spacial score (nSPS) is 31.2. The summed E-state index contributed by atoms with van der Waals surface area (Å²) in [6, 6.07) is 0. The molecule has 138 valence electrons. The highest BCUT2D eigenvalue weighted by Gasteiger charge is 2.43. The lowest BCUT2D eigenvalue weighted by molar-refractivity contribution is -0.159.